The minimum Gasteiger partial charge on any atom is -0.491 e. The topological polar surface area (TPSA) is 67.6 Å². The van der Waals surface area contributed by atoms with Gasteiger partial charge in [-0.15, -0.1) is 0 Å². The van der Waals surface area contributed by atoms with Gasteiger partial charge in [-0.3, -0.25) is 4.79 Å². The van der Waals surface area contributed by atoms with E-state index in [0.29, 0.717) is 13.0 Å². The normalized spacial score (nSPS) is 15.1. The zero-order valence-electron chi connectivity index (χ0n) is 13.6. The Kier molecular flexibility index (Phi) is 6.03. The maximum atomic E-state index is 11.6. The Labute approximate surface area is 127 Å². The third-order valence-corrected chi connectivity index (χ3v) is 3.48. The summed E-state index contributed by atoms with van der Waals surface area (Å²) in [6.07, 6.45) is 0.390. The van der Waals surface area contributed by atoms with Crippen molar-refractivity contribution in [3.8, 4) is 5.75 Å². The Morgan fingerprint density at radius 3 is 2.67 bits per heavy atom. The van der Waals surface area contributed by atoms with Crippen LogP contribution in [0, 0.1) is 0 Å². The molecule has 0 aliphatic carbocycles. The van der Waals surface area contributed by atoms with Crippen LogP contribution >= 0.6 is 0 Å². The van der Waals surface area contributed by atoms with Crippen LogP contribution in [0.2, 0.25) is 0 Å². The highest BCUT2D eigenvalue weighted by Gasteiger charge is 2.32. The van der Waals surface area contributed by atoms with E-state index in [9.17, 15) is 4.79 Å². The number of anilines is 1. The lowest BCUT2D eigenvalue weighted by Gasteiger charge is -2.30. The molecule has 0 aromatic heterocycles. The molecule has 0 radical (unpaired) electrons. The predicted octanol–water partition coefficient (Wildman–Crippen LogP) is 1.76. The summed E-state index contributed by atoms with van der Waals surface area (Å²) >= 11 is 0. The molecule has 0 heterocycles. The van der Waals surface area contributed by atoms with Crippen LogP contribution in [0.5, 0.6) is 5.75 Å². The summed E-state index contributed by atoms with van der Waals surface area (Å²) in [6, 6.07) is 7.86. The summed E-state index contributed by atoms with van der Waals surface area (Å²) in [5.41, 5.74) is 5.82. The molecule has 0 fully saturated rings. The van der Waals surface area contributed by atoms with Crippen LogP contribution in [-0.2, 0) is 4.79 Å². The van der Waals surface area contributed by atoms with Gasteiger partial charge in [0.25, 0.3) is 0 Å². The van der Waals surface area contributed by atoms with Crippen LogP contribution in [0.15, 0.2) is 24.3 Å². The number of nitrogens with two attached hydrogens (primary N) is 1. The fourth-order valence-corrected chi connectivity index (χ4v) is 2.33. The van der Waals surface area contributed by atoms with Gasteiger partial charge in [0.05, 0.1) is 11.6 Å². The molecular formula is C16H27N3O2. The monoisotopic (exact) mass is 293 g/mol. The summed E-state index contributed by atoms with van der Waals surface area (Å²) in [5.74, 6) is 0.430. The second-order valence-electron chi connectivity index (χ2n) is 5.75. The zero-order chi connectivity index (χ0) is 16.0. The lowest BCUT2D eigenvalue weighted by Crippen LogP contribution is -2.55. The van der Waals surface area contributed by atoms with Gasteiger partial charge in [-0.1, -0.05) is 13.0 Å². The molecule has 21 heavy (non-hydrogen) atoms. The SMILES string of the molecule is CCNC(C)(CC(C)Oc1cccc(N(C)C)c1)C(N)=O. The highest BCUT2D eigenvalue weighted by atomic mass is 16.5. The average molecular weight is 293 g/mol. The molecule has 2 atom stereocenters. The first-order valence-corrected chi connectivity index (χ1v) is 7.27. The van der Waals surface area contributed by atoms with Crippen molar-refractivity contribution in [3.63, 3.8) is 0 Å². The molecule has 1 aromatic rings. The molecule has 1 rings (SSSR count). The van der Waals surface area contributed by atoms with Crippen LogP contribution in [0.25, 0.3) is 0 Å². The molecule has 5 nitrogen and oxygen atoms in total. The van der Waals surface area contributed by atoms with Crippen molar-refractivity contribution in [1.29, 1.82) is 0 Å². The first kappa shape index (κ1) is 17.3. The van der Waals surface area contributed by atoms with E-state index in [1.807, 2.05) is 64.0 Å². The van der Waals surface area contributed by atoms with Gasteiger partial charge < -0.3 is 20.7 Å². The minimum atomic E-state index is -0.757. The van der Waals surface area contributed by atoms with Crippen LogP contribution in [-0.4, -0.2) is 38.2 Å². The van der Waals surface area contributed by atoms with Gasteiger partial charge in [0.1, 0.15) is 5.75 Å². The molecule has 1 amide bonds. The van der Waals surface area contributed by atoms with Gasteiger partial charge in [0, 0.05) is 32.3 Å². The molecule has 3 N–H and O–H groups in total. The molecule has 0 saturated heterocycles. The number of ether oxygens (including phenoxy) is 1. The molecule has 1 aromatic carbocycles. The number of nitrogens with one attached hydrogen (secondary N) is 1. The van der Waals surface area contributed by atoms with Crippen LogP contribution in [0.4, 0.5) is 5.69 Å². The Morgan fingerprint density at radius 1 is 1.48 bits per heavy atom. The lowest BCUT2D eigenvalue weighted by molar-refractivity contribution is -0.124. The Bertz CT molecular complexity index is 476. The number of carbonyl (C=O) groups excluding carboxylic acids is 1. The van der Waals surface area contributed by atoms with Crippen molar-refractivity contribution in [2.24, 2.45) is 5.73 Å². The van der Waals surface area contributed by atoms with E-state index in [1.165, 1.54) is 0 Å². The number of likely N-dealkylation sites (N-methyl/N-ethyl adjacent to an activating group) is 1. The van der Waals surface area contributed by atoms with E-state index in [-0.39, 0.29) is 12.0 Å². The summed E-state index contributed by atoms with van der Waals surface area (Å²) < 4.78 is 5.92. The molecule has 0 aliphatic rings. The van der Waals surface area contributed by atoms with Crippen molar-refractivity contribution in [2.45, 2.75) is 38.8 Å². The van der Waals surface area contributed by atoms with Crippen LogP contribution < -0.4 is 20.7 Å². The van der Waals surface area contributed by atoms with Gasteiger partial charge in [0.15, 0.2) is 0 Å². The molecule has 2 unspecified atom stereocenters. The number of amides is 1. The number of primary amides is 1. The molecule has 0 spiro atoms. The average Bonchev–Trinajstić information content (AvgIpc) is 2.38. The molecule has 0 bridgehead atoms. The van der Waals surface area contributed by atoms with Gasteiger partial charge >= 0.3 is 0 Å². The van der Waals surface area contributed by atoms with Crippen molar-refractivity contribution in [3.05, 3.63) is 24.3 Å². The first-order valence-electron chi connectivity index (χ1n) is 7.27. The number of benzene rings is 1. The summed E-state index contributed by atoms with van der Waals surface area (Å²) in [5, 5.41) is 3.14. The van der Waals surface area contributed by atoms with Crippen molar-refractivity contribution < 1.29 is 9.53 Å². The van der Waals surface area contributed by atoms with E-state index in [1.54, 1.807) is 0 Å². The van der Waals surface area contributed by atoms with Crippen LogP contribution in [0.3, 0.4) is 0 Å². The smallest absolute Gasteiger partial charge is 0.237 e. The van der Waals surface area contributed by atoms with Gasteiger partial charge in [0.2, 0.25) is 5.91 Å². The molecule has 0 aliphatic heterocycles. The molecular weight excluding hydrogens is 266 g/mol. The Hall–Kier alpha value is -1.75. The van der Waals surface area contributed by atoms with Crippen molar-refractivity contribution in [1.82, 2.24) is 5.32 Å². The second kappa shape index (κ2) is 7.31. The highest BCUT2D eigenvalue weighted by molar-refractivity contribution is 5.84. The van der Waals surface area contributed by atoms with Crippen LogP contribution in [0.1, 0.15) is 27.2 Å². The quantitative estimate of drug-likeness (QED) is 0.766. The first-order chi connectivity index (χ1) is 9.78. The van der Waals surface area contributed by atoms with E-state index in [0.717, 1.165) is 11.4 Å². The van der Waals surface area contributed by atoms with Crippen molar-refractivity contribution >= 4 is 11.6 Å². The Morgan fingerprint density at radius 2 is 2.14 bits per heavy atom. The van der Waals surface area contributed by atoms with E-state index in [4.69, 9.17) is 10.5 Å². The Balaban J connectivity index is 2.74. The minimum absolute atomic E-state index is 0.126. The molecule has 5 heteroatoms. The summed E-state index contributed by atoms with van der Waals surface area (Å²) in [6.45, 7) is 6.39. The maximum Gasteiger partial charge on any atom is 0.237 e. The summed E-state index contributed by atoms with van der Waals surface area (Å²) in [4.78, 5) is 13.7. The third kappa shape index (κ3) is 4.93. The fraction of sp³-hybridized carbons (Fsp3) is 0.562. The number of rotatable bonds is 8. The van der Waals surface area contributed by atoms with Crippen molar-refractivity contribution in [2.75, 3.05) is 25.5 Å². The predicted molar refractivity (Wildman–Crippen MR) is 86.8 cm³/mol. The van der Waals surface area contributed by atoms with Gasteiger partial charge in [-0.25, -0.2) is 0 Å². The highest BCUT2D eigenvalue weighted by Crippen LogP contribution is 2.22. The van der Waals surface area contributed by atoms with Gasteiger partial charge in [-0.05, 0) is 32.5 Å². The van der Waals surface area contributed by atoms with E-state index in [2.05, 4.69) is 5.32 Å². The zero-order valence-corrected chi connectivity index (χ0v) is 13.6. The second-order valence-corrected chi connectivity index (χ2v) is 5.75. The third-order valence-electron chi connectivity index (χ3n) is 3.48. The maximum absolute atomic E-state index is 11.6. The molecule has 0 saturated carbocycles. The number of carbonyl (C=O) groups is 1. The largest absolute Gasteiger partial charge is 0.491 e. The standard InChI is InChI=1S/C16H27N3O2/c1-6-18-16(3,15(17)20)11-12(2)21-14-9-7-8-13(10-14)19(4)5/h7-10,12,18H,6,11H2,1-5H3,(H2,17,20). The van der Waals surface area contributed by atoms with E-state index >= 15 is 0 Å². The summed E-state index contributed by atoms with van der Waals surface area (Å²) in [7, 11) is 3.97. The number of hydrogen-bond donors (Lipinski definition) is 2. The van der Waals surface area contributed by atoms with Gasteiger partial charge in [-0.2, -0.15) is 0 Å². The fourth-order valence-electron chi connectivity index (χ4n) is 2.33. The number of hydrogen-bond acceptors (Lipinski definition) is 4. The lowest BCUT2D eigenvalue weighted by atomic mass is 9.94. The molecule has 118 valence electrons. The van der Waals surface area contributed by atoms with E-state index < -0.39 is 5.54 Å². The number of nitrogens with zero attached hydrogens (tertiary/aromatic N) is 1.